The number of amides is 2. The first kappa shape index (κ1) is 21.2. The highest BCUT2D eigenvalue weighted by atomic mass is 19.1. The molecule has 8 heteroatoms. The first-order valence-electron chi connectivity index (χ1n) is 11.0. The molecule has 3 aliphatic rings. The average Bonchev–Trinajstić information content (AvgIpc) is 3.18. The molecular formula is C22H32FN5O2. The molecule has 3 heterocycles. The minimum absolute atomic E-state index is 0.0859. The van der Waals surface area contributed by atoms with Crippen molar-refractivity contribution in [1.29, 1.82) is 0 Å². The number of piperazine rings is 2. The molecule has 0 aliphatic carbocycles. The zero-order valence-corrected chi connectivity index (χ0v) is 17.6. The van der Waals surface area contributed by atoms with Gasteiger partial charge in [0.1, 0.15) is 5.82 Å². The first-order valence-corrected chi connectivity index (χ1v) is 11.0. The Bertz CT molecular complexity index is 750. The molecule has 3 fully saturated rings. The number of hydrogen-bond donors (Lipinski definition) is 2. The Kier molecular flexibility index (Phi) is 6.65. The van der Waals surface area contributed by atoms with Gasteiger partial charge in [-0.15, -0.1) is 0 Å². The van der Waals surface area contributed by atoms with Gasteiger partial charge in [0.25, 0.3) is 0 Å². The summed E-state index contributed by atoms with van der Waals surface area (Å²) in [7, 11) is 2.08. The Morgan fingerprint density at radius 3 is 2.67 bits per heavy atom. The molecule has 4 rings (SSSR count). The van der Waals surface area contributed by atoms with Gasteiger partial charge in [0.15, 0.2) is 0 Å². The van der Waals surface area contributed by atoms with Crippen LogP contribution in [0.2, 0.25) is 0 Å². The van der Waals surface area contributed by atoms with E-state index in [-0.39, 0.29) is 35.8 Å². The van der Waals surface area contributed by atoms with Crippen molar-refractivity contribution < 1.29 is 14.0 Å². The largest absolute Gasteiger partial charge is 0.353 e. The van der Waals surface area contributed by atoms with E-state index in [0.717, 1.165) is 51.1 Å². The number of carbonyl (C=O) groups excluding carboxylic acids is 2. The van der Waals surface area contributed by atoms with Gasteiger partial charge in [-0.2, -0.15) is 0 Å². The second-order valence-corrected chi connectivity index (χ2v) is 8.77. The van der Waals surface area contributed by atoms with Crippen molar-refractivity contribution in [1.82, 2.24) is 25.3 Å². The van der Waals surface area contributed by atoms with Crippen LogP contribution < -0.4 is 10.6 Å². The number of likely N-dealkylation sites (N-methyl/N-ethyl adjacent to an activating group) is 1. The van der Waals surface area contributed by atoms with Crippen LogP contribution in [0.25, 0.3) is 0 Å². The van der Waals surface area contributed by atoms with Gasteiger partial charge >= 0.3 is 0 Å². The molecule has 0 bridgehead atoms. The Balaban J connectivity index is 1.28. The molecule has 0 saturated carbocycles. The van der Waals surface area contributed by atoms with E-state index in [4.69, 9.17) is 0 Å². The van der Waals surface area contributed by atoms with Crippen LogP contribution in [0.3, 0.4) is 0 Å². The molecule has 164 valence electrons. The molecule has 3 saturated heterocycles. The van der Waals surface area contributed by atoms with Crippen LogP contribution in [0, 0.1) is 5.82 Å². The van der Waals surface area contributed by atoms with Crippen LogP contribution >= 0.6 is 0 Å². The lowest BCUT2D eigenvalue weighted by Gasteiger charge is -2.38. The van der Waals surface area contributed by atoms with Crippen molar-refractivity contribution in [2.75, 3.05) is 46.3 Å². The smallest absolute Gasteiger partial charge is 0.237 e. The number of rotatable bonds is 6. The maximum atomic E-state index is 13.1. The lowest BCUT2D eigenvalue weighted by atomic mass is 10.0. The van der Waals surface area contributed by atoms with E-state index < -0.39 is 0 Å². The molecule has 3 aliphatic heterocycles. The van der Waals surface area contributed by atoms with Crippen LogP contribution in [-0.2, 0) is 16.1 Å². The number of benzene rings is 1. The van der Waals surface area contributed by atoms with Gasteiger partial charge in [-0.05, 0) is 37.6 Å². The summed E-state index contributed by atoms with van der Waals surface area (Å²) in [5.74, 6) is 0.0758. The summed E-state index contributed by atoms with van der Waals surface area (Å²) in [5, 5.41) is 6.54. The van der Waals surface area contributed by atoms with E-state index in [1.807, 2.05) is 4.90 Å². The maximum absolute atomic E-state index is 13.1. The van der Waals surface area contributed by atoms with Crippen LogP contribution in [0.5, 0.6) is 0 Å². The summed E-state index contributed by atoms with van der Waals surface area (Å²) < 4.78 is 13.1. The van der Waals surface area contributed by atoms with E-state index in [9.17, 15) is 14.0 Å². The molecule has 0 unspecified atom stereocenters. The van der Waals surface area contributed by atoms with Crippen molar-refractivity contribution in [3.8, 4) is 0 Å². The molecule has 7 nitrogen and oxygen atoms in total. The predicted octanol–water partition coefficient (Wildman–Crippen LogP) is 0.411. The van der Waals surface area contributed by atoms with Crippen molar-refractivity contribution >= 4 is 11.8 Å². The Morgan fingerprint density at radius 2 is 1.93 bits per heavy atom. The Labute approximate surface area is 177 Å². The minimum Gasteiger partial charge on any atom is -0.353 e. The number of hydrogen-bond acceptors (Lipinski definition) is 5. The number of halogens is 1. The van der Waals surface area contributed by atoms with Crippen LogP contribution in [0.15, 0.2) is 24.3 Å². The Morgan fingerprint density at radius 1 is 1.20 bits per heavy atom. The second-order valence-electron chi connectivity index (χ2n) is 8.77. The fourth-order valence-corrected chi connectivity index (χ4v) is 4.76. The van der Waals surface area contributed by atoms with Gasteiger partial charge in [-0.3, -0.25) is 14.5 Å². The molecule has 1 aromatic carbocycles. The minimum atomic E-state index is -0.234. The highest BCUT2D eigenvalue weighted by Crippen LogP contribution is 2.26. The highest BCUT2D eigenvalue weighted by Gasteiger charge is 2.43. The summed E-state index contributed by atoms with van der Waals surface area (Å²) in [6, 6.07) is 6.77. The van der Waals surface area contributed by atoms with E-state index in [2.05, 4.69) is 27.5 Å². The highest BCUT2D eigenvalue weighted by molar-refractivity contribution is 5.83. The average molecular weight is 418 g/mol. The summed E-state index contributed by atoms with van der Waals surface area (Å²) in [5.41, 5.74) is 1.03. The third-order valence-electron chi connectivity index (χ3n) is 6.68. The topological polar surface area (TPSA) is 67.9 Å². The molecule has 30 heavy (non-hydrogen) atoms. The number of nitrogens with one attached hydrogen (secondary N) is 2. The van der Waals surface area contributed by atoms with Gasteiger partial charge < -0.3 is 20.4 Å². The van der Waals surface area contributed by atoms with E-state index in [0.29, 0.717) is 19.5 Å². The van der Waals surface area contributed by atoms with Crippen molar-refractivity contribution in [2.45, 2.75) is 43.9 Å². The van der Waals surface area contributed by atoms with E-state index in [1.54, 1.807) is 12.1 Å². The van der Waals surface area contributed by atoms with E-state index in [1.165, 1.54) is 12.1 Å². The number of fused-ring (bicyclic) bond motifs is 1. The predicted molar refractivity (Wildman–Crippen MR) is 112 cm³/mol. The van der Waals surface area contributed by atoms with Gasteiger partial charge in [0.05, 0.1) is 6.04 Å². The summed E-state index contributed by atoms with van der Waals surface area (Å²) in [4.78, 5) is 31.5. The van der Waals surface area contributed by atoms with Crippen LogP contribution in [0.4, 0.5) is 4.39 Å². The Hall–Kier alpha value is -2.03. The molecule has 2 amide bonds. The lowest BCUT2D eigenvalue weighted by Crippen LogP contribution is -2.58. The van der Waals surface area contributed by atoms with E-state index >= 15 is 0 Å². The van der Waals surface area contributed by atoms with Crippen LogP contribution in [-0.4, -0.2) is 91.0 Å². The zero-order valence-electron chi connectivity index (χ0n) is 17.6. The normalized spacial score (nSPS) is 27.7. The van der Waals surface area contributed by atoms with Gasteiger partial charge in [-0.1, -0.05) is 12.1 Å². The molecule has 1 aromatic rings. The third kappa shape index (κ3) is 4.99. The third-order valence-corrected chi connectivity index (χ3v) is 6.68. The van der Waals surface area contributed by atoms with Crippen molar-refractivity contribution in [3.63, 3.8) is 0 Å². The fourth-order valence-electron chi connectivity index (χ4n) is 4.76. The maximum Gasteiger partial charge on any atom is 0.237 e. The second kappa shape index (κ2) is 9.41. The molecule has 0 radical (unpaired) electrons. The summed E-state index contributed by atoms with van der Waals surface area (Å²) >= 11 is 0. The zero-order chi connectivity index (χ0) is 21.1. The number of nitrogens with zero attached hydrogens (tertiary/aromatic N) is 3. The van der Waals surface area contributed by atoms with Gasteiger partial charge in [0.2, 0.25) is 11.8 Å². The van der Waals surface area contributed by atoms with Gasteiger partial charge in [0, 0.05) is 64.3 Å². The first-order chi connectivity index (χ1) is 14.5. The van der Waals surface area contributed by atoms with Gasteiger partial charge in [-0.25, -0.2) is 4.39 Å². The SMILES string of the molecule is CN1CCN(C(=O)CC[C@@H]2CNC(=O)[C@@H]3C[C@H](NCc4ccc(F)cc4)CN23)CC1. The number of carbonyl (C=O) groups is 2. The molecule has 0 aromatic heterocycles. The monoisotopic (exact) mass is 417 g/mol. The summed E-state index contributed by atoms with van der Waals surface area (Å²) in [6.07, 6.45) is 2.06. The molecule has 0 spiro atoms. The standard InChI is InChI=1S/C22H32FN5O2/c1-26-8-10-27(11-9-26)21(29)7-6-19-14-25-22(30)20-12-18(15-28(19)20)24-13-16-2-4-17(23)5-3-16/h2-5,18-20,24H,6-15H2,1H3,(H,25,30)/t18-,19+,20-/m0/s1. The molecule has 2 N–H and O–H groups in total. The van der Waals surface area contributed by atoms with Crippen molar-refractivity contribution in [2.24, 2.45) is 0 Å². The quantitative estimate of drug-likeness (QED) is 0.702. The molecular weight excluding hydrogens is 385 g/mol. The summed E-state index contributed by atoms with van der Waals surface area (Å²) in [6.45, 7) is 5.53. The van der Waals surface area contributed by atoms with Crippen molar-refractivity contribution in [3.05, 3.63) is 35.6 Å². The van der Waals surface area contributed by atoms with Crippen LogP contribution in [0.1, 0.15) is 24.8 Å². The lowest BCUT2D eigenvalue weighted by molar-refractivity contribution is -0.133. The molecule has 3 atom stereocenters. The fraction of sp³-hybridized carbons (Fsp3) is 0.636.